The summed E-state index contributed by atoms with van der Waals surface area (Å²) in [5.41, 5.74) is 11.5. The van der Waals surface area contributed by atoms with Gasteiger partial charge in [0.25, 0.3) is 0 Å². The number of hydrogen-bond donors (Lipinski definition) is 1. The van der Waals surface area contributed by atoms with E-state index >= 15 is 0 Å². The van der Waals surface area contributed by atoms with Crippen molar-refractivity contribution < 1.29 is 0 Å². The second-order valence-corrected chi connectivity index (χ2v) is 4.21. The Morgan fingerprint density at radius 2 is 1.80 bits per heavy atom. The molecule has 0 saturated carbocycles. The van der Waals surface area contributed by atoms with Crippen LogP contribution in [-0.2, 0) is 0 Å². The lowest BCUT2D eigenvalue weighted by atomic mass is 9.97. The van der Waals surface area contributed by atoms with Crippen molar-refractivity contribution >= 4 is 17.5 Å². The predicted molar refractivity (Wildman–Crippen MR) is 64.0 cm³/mol. The van der Waals surface area contributed by atoms with Gasteiger partial charge in [0.15, 0.2) is 5.82 Å². The highest BCUT2D eigenvalue weighted by molar-refractivity contribution is 6.99. The molecule has 1 aromatic heterocycles. The zero-order valence-corrected chi connectivity index (χ0v) is 9.85. The summed E-state index contributed by atoms with van der Waals surface area (Å²) >= 11 is 1.15. The Balaban J connectivity index is 2.65. The zero-order valence-electron chi connectivity index (χ0n) is 9.03. The van der Waals surface area contributed by atoms with Gasteiger partial charge in [-0.3, -0.25) is 0 Å². The first-order valence-electron chi connectivity index (χ1n) is 4.76. The van der Waals surface area contributed by atoms with Crippen LogP contribution in [0.25, 0.3) is 11.3 Å². The molecule has 0 amide bonds. The van der Waals surface area contributed by atoms with Crippen LogP contribution in [0.5, 0.6) is 0 Å². The van der Waals surface area contributed by atoms with Crippen molar-refractivity contribution in [2.24, 2.45) is 0 Å². The molecule has 2 aromatic rings. The monoisotopic (exact) mass is 219 g/mol. The molecule has 2 rings (SSSR count). The van der Waals surface area contributed by atoms with Crippen LogP contribution in [0.1, 0.15) is 16.7 Å². The van der Waals surface area contributed by atoms with Gasteiger partial charge in [-0.15, -0.1) is 0 Å². The highest BCUT2D eigenvalue weighted by Gasteiger charge is 2.11. The van der Waals surface area contributed by atoms with E-state index in [1.165, 1.54) is 16.7 Å². The molecule has 0 aliphatic rings. The van der Waals surface area contributed by atoms with Gasteiger partial charge in [-0.2, -0.15) is 8.75 Å². The van der Waals surface area contributed by atoms with Crippen molar-refractivity contribution in [1.29, 1.82) is 0 Å². The minimum absolute atomic E-state index is 0.520. The number of benzene rings is 1. The Morgan fingerprint density at radius 3 is 2.40 bits per heavy atom. The van der Waals surface area contributed by atoms with Gasteiger partial charge in [-0.05, 0) is 37.5 Å². The summed E-state index contributed by atoms with van der Waals surface area (Å²) in [5.74, 6) is 0.520. The standard InChI is InChI=1S/C11H13N3S/c1-6-4-5-9(8(3)7(6)2)10-11(12)14-15-13-10/h4-5H,1-3H3,(H2,12,14). The fraction of sp³-hybridized carbons (Fsp3) is 0.273. The quantitative estimate of drug-likeness (QED) is 0.802. The maximum absolute atomic E-state index is 5.77. The van der Waals surface area contributed by atoms with Crippen molar-refractivity contribution in [3.63, 3.8) is 0 Å². The molecule has 0 aliphatic carbocycles. The Bertz CT molecular complexity index is 503. The first-order chi connectivity index (χ1) is 7.11. The fourth-order valence-electron chi connectivity index (χ4n) is 1.59. The molecule has 3 nitrogen and oxygen atoms in total. The van der Waals surface area contributed by atoms with E-state index in [0.29, 0.717) is 5.82 Å². The van der Waals surface area contributed by atoms with E-state index < -0.39 is 0 Å². The van der Waals surface area contributed by atoms with Crippen molar-refractivity contribution in [3.8, 4) is 11.3 Å². The van der Waals surface area contributed by atoms with Crippen LogP contribution in [0.2, 0.25) is 0 Å². The highest BCUT2D eigenvalue weighted by Crippen LogP contribution is 2.29. The van der Waals surface area contributed by atoms with E-state index in [1.54, 1.807) is 0 Å². The third-order valence-corrected chi connectivity index (χ3v) is 3.37. The lowest BCUT2D eigenvalue weighted by Crippen LogP contribution is -1.94. The molecule has 0 radical (unpaired) electrons. The van der Waals surface area contributed by atoms with Gasteiger partial charge in [-0.25, -0.2) is 0 Å². The summed E-state index contributed by atoms with van der Waals surface area (Å²) < 4.78 is 8.22. The minimum Gasteiger partial charge on any atom is -0.381 e. The second kappa shape index (κ2) is 3.62. The van der Waals surface area contributed by atoms with Crippen LogP contribution in [0.4, 0.5) is 5.82 Å². The summed E-state index contributed by atoms with van der Waals surface area (Å²) in [4.78, 5) is 0. The number of anilines is 1. The normalized spacial score (nSPS) is 10.6. The zero-order chi connectivity index (χ0) is 11.0. The van der Waals surface area contributed by atoms with Gasteiger partial charge >= 0.3 is 0 Å². The average molecular weight is 219 g/mol. The molecule has 78 valence electrons. The molecular weight excluding hydrogens is 206 g/mol. The van der Waals surface area contributed by atoms with Crippen LogP contribution < -0.4 is 5.73 Å². The van der Waals surface area contributed by atoms with Crippen LogP contribution >= 0.6 is 11.7 Å². The Morgan fingerprint density at radius 1 is 1.07 bits per heavy atom. The van der Waals surface area contributed by atoms with Crippen molar-refractivity contribution in [1.82, 2.24) is 8.75 Å². The van der Waals surface area contributed by atoms with E-state index in [1.807, 2.05) is 0 Å². The molecule has 0 unspecified atom stereocenters. The van der Waals surface area contributed by atoms with Crippen molar-refractivity contribution in [3.05, 3.63) is 28.8 Å². The van der Waals surface area contributed by atoms with Gasteiger partial charge in [0.2, 0.25) is 0 Å². The van der Waals surface area contributed by atoms with Crippen molar-refractivity contribution in [2.45, 2.75) is 20.8 Å². The van der Waals surface area contributed by atoms with Crippen LogP contribution in [0.3, 0.4) is 0 Å². The fourth-order valence-corrected chi connectivity index (χ4v) is 2.08. The molecule has 0 spiro atoms. The lowest BCUT2D eigenvalue weighted by molar-refractivity contribution is 1.26. The first-order valence-corrected chi connectivity index (χ1v) is 5.49. The Kier molecular flexibility index (Phi) is 2.44. The predicted octanol–water partition coefficient (Wildman–Crippen LogP) is 2.71. The number of nitrogens with two attached hydrogens (primary N) is 1. The molecular formula is C11H13N3S. The molecule has 0 saturated heterocycles. The topological polar surface area (TPSA) is 51.8 Å². The highest BCUT2D eigenvalue weighted by atomic mass is 32.1. The third-order valence-electron chi connectivity index (χ3n) is 2.83. The largest absolute Gasteiger partial charge is 0.381 e. The molecule has 0 atom stereocenters. The van der Waals surface area contributed by atoms with E-state index in [9.17, 15) is 0 Å². The smallest absolute Gasteiger partial charge is 0.165 e. The van der Waals surface area contributed by atoms with Crippen LogP contribution in [0.15, 0.2) is 12.1 Å². The molecule has 0 aliphatic heterocycles. The summed E-state index contributed by atoms with van der Waals surface area (Å²) in [5, 5.41) is 0. The van der Waals surface area contributed by atoms with Gasteiger partial charge in [0.1, 0.15) is 5.69 Å². The maximum Gasteiger partial charge on any atom is 0.165 e. The van der Waals surface area contributed by atoms with E-state index in [-0.39, 0.29) is 0 Å². The van der Waals surface area contributed by atoms with Crippen LogP contribution in [-0.4, -0.2) is 8.75 Å². The number of nitrogen functional groups attached to an aromatic ring is 1. The molecule has 1 heterocycles. The summed E-state index contributed by atoms with van der Waals surface area (Å²) in [6.07, 6.45) is 0. The SMILES string of the molecule is Cc1ccc(-c2nsnc2N)c(C)c1C. The molecule has 1 aromatic carbocycles. The second-order valence-electron chi connectivity index (χ2n) is 3.68. The molecule has 0 fully saturated rings. The summed E-state index contributed by atoms with van der Waals surface area (Å²) in [7, 11) is 0. The summed E-state index contributed by atoms with van der Waals surface area (Å²) in [6.45, 7) is 6.31. The van der Waals surface area contributed by atoms with Crippen LogP contribution in [0, 0.1) is 20.8 Å². The van der Waals surface area contributed by atoms with E-state index in [2.05, 4.69) is 41.7 Å². The number of rotatable bonds is 1. The Labute approximate surface area is 93.3 Å². The third kappa shape index (κ3) is 1.61. The first kappa shape index (κ1) is 10.1. The van der Waals surface area contributed by atoms with Gasteiger partial charge < -0.3 is 5.73 Å². The number of aromatic nitrogens is 2. The van der Waals surface area contributed by atoms with Gasteiger partial charge in [0, 0.05) is 5.56 Å². The Hall–Kier alpha value is -1.42. The number of hydrogen-bond acceptors (Lipinski definition) is 4. The summed E-state index contributed by atoms with van der Waals surface area (Å²) in [6, 6.07) is 4.15. The molecule has 2 N–H and O–H groups in total. The molecule has 15 heavy (non-hydrogen) atoms. The maximum atomic E-state index is 5.77. The van der Waals surface area contributed by atoms with E-state index in [4.69, 9.17) is 5.73 Å². The van der Waals surface area contributed by atoms with Gasteiger partial charge in [-0.1, -0.05) is 12.1 Å². The number of aryl methyl sites for hydroxylation is 1. The minimum atomic E-state index is 0.520. The molecule has 4 heteroatoms. The van der Waals surface area contributed by atoms with Crippen molar-refractivity contribution in [2.75, 3.05) is 5.73 Å². The van der Waals surface area contributed by atoms with Gasteiger partial charge in [0.05, 0.1) is 11.7 Å². The molecule has 0 bridgehead atoms. The lowest BCUT2D eigenvalue weighted by Gasteiger charge is -2.09. The number of nitrogens with zero attached hydrogens (tertiary/aromatic N) is 2. The average Bonchev–Trinajstić information content (AvgIpc) is 2.62. The van der Waals surface area contributed by atoms with E-state index in [0.717, 1.165) is 23.0 Å².